The largest absolute Gasteiger partial charge is 0.359 e. The summed E-state index contributed by atoms with van der Waals surface area (Å²) in [5.41, 5.74) is 2.31. The van der Waals surface area contributed by atoms with Gasteiger partial charge in [-0.1, -0.05) is 12.1 Å². The zero-order valence-corrected chi connectivity index (χ0v) is 11.5. The quantitative estimate of drug-likeness (QED) is 0.856. The maximum atomic E-state index is 4.48. The average Bonchev–Trinajstić information content (AvgIpc) is 2.47. The molecule has 4 nitrogen and oxygen atoms in total. The summed E-state index contributed by atoms with van der Waals surface area (Å²) in [5.74, 6) is 0.996. The molecule has 2 aromatic rings. The Balaban J connectivity index is 1.90. The average molecular weight is 256 g/mol. The van der Waals surface area contributed by atoms with Crippen LogP contribution >= 0.6 is 0 Å². The van der Waals surface area contributed by atoms with Crippen LogP contribution in [-0.4, -0.2) is 30.6 Å². The van der Waals surface area contributed by atoms with Crippen molar-refractivity contribution in [3.8, 4) is 0 Å². The molecule has 0 amide bonds. The molecule has 2 rings (SSSR count). The summed E-state index contributed by atoms with van der Waals surface area (Å²) >= 11 is 0. The Kier molecular flexibility index (Phi) is 4.86. The van der Waals surface area contributed by atoms with Crippen molar-refractivity contribution < 1.29 is 0 Å². The molecule has 0 aromatic carbocycles. The highest BCUT2D eigenvalue weighted by molar-refractivity contribution is 5.38. The van der Waals surface area contributed by atoms with E-state index in [0.717, 1.165) is 31.0 Å². The van der Waals surface area contributed by atoms with Crippen LogP contribution < -0.4 is 10.2 Å². The molecule has 1 N–H and O–H groups in total. The van der Waals surface area contributed by atoms with Crippen molar-refractivity contribution in [3.63, 3.8) is 0 Å². The molecule has 0 aliphatic carbocycles. The van der Waals surface area contributed by atoms with Gasteiger partial charge in [0.25, 0.3) is 0 Å². The lowest BCUT2D eigenvalue weighted by atomic mass is 10.2. The fraction of sp³-hybridized carbons (Fsp3) is 0.333. The Bertz CT molecular complexity index is 481. The number of rotatable bonds is 6. The Morgan fingerprint density at radius 2 is 2.05 bits per heavy atom. The molecule has 4 heteroatoms. The number of hydrogen-bond acceptors (Lipinski definition) is 4. The van der Waals surface area contributed by atoms with E-state index in [2.05, 4.69) is 45.4 Å². The highest BCUT2D eigenvalue weighted by Crippen LogP contribution is 2.10. The second-order valence-corrected chi connectivity index (χ2v) is 4.55. The van der Waals surface area contributed by atoms with E-state index in [0.29, 0.717) is 0 Å². The van der Waals surface area contributed by atoms with E-state index in [1.54, 1.807) is 0 Å². The molecule has 0 saturated carbocycles. The van der Waals surface area contributed by atoms with Crippen LogP contribution in [0.1, 0.15) is 11.3 Å². The predicted octanol–water partition coefficient (Wildman–Crippen LogP) is 1.87. The van der Waals surface area contributed by atoms with Crippen LogP contribution in [-0.2, 0) is 13.0 Å². The number of likely N-dealkylation sites (N-methyl/N-ethyl adjacent to an activating group) is 1. The first kappa shape index (κ1) is 13.5. The SMILES string of the molecule is CNCc1ccc(N(C)CCc2ccccn2)nc1. The van der Waals surface area contributed by atoms with Gasteiger partial charge in [0, 0.05) is 44.6 Å². The van der Waals surface area contributed by atoms with Crippen molar-refractivity contribution in [2.75, 3.05) is 25.5 Å². The number of pyridine rings is 2. The smallest absolute Gasteiger partial charge is 0.128 e. The van der Waals surface area contributed by atoms with Crippen molar-refractivity contribution in [3.05, 3.63) is 54.0 Å². The van der Waals surface area contributed by atoms with E-state index in [-0.39, 0.29) is 0 Å². The third-order valence-corrected chi connectivity index (χ3v) is 3.01. The second kappa shape index (κ2) is 6.85. The van der Waals surface area contributed by atoms with Crippen LogP contribution in [0.5, 0.6) is 0 Å². The Morgan fingerprint density at radius 3 is 2.68 bits per heavy atom. The lowest BCUT2D eigenvalue weighted by Crippen LogP contribution is -2.21. The monoisotopic (exact) mass is 256 g/mol. The van der Waals surface area contributed by atoms with Crippen molar-refractivity contribution in [2.24, 2.45) is 0 Å². The van der Waals surface area contributed by atoms with E-state index < -0.39 is 0 Å². The molecule has 2 heterocycles. The summed E-state index contributed by atoms with van der Waals surface area (Å²) in [6.45, 7) is 1.76. The van der Waals surface area contributed by atoms with E-state index in [9.17, 15) is 0 Å². The van der Waals surface area contributed by atoms with Gasteiger partial charge >= 0.3 is 0 Å². The summed E-state index contributed by atoms with van der Waals surface area (Å²) in [4.78, 5) is 11.0. The minimum atomic E-state index is 0.852. The summed E-state index contributed by atoms with van der Waals surface area (Å²) in [6.07, 6.45) is 4.68. The van der Waals surface area contributed by atoms with Crippen molar-refractivity contribution in [2.45, 2.75) is 13.0 Å². The van der Waals surface area contributed by atoms with Gasteiger partial charge in [-0.2, -0.15) is 0 Å². The molecule has 19 heavy (non-hydrogen) atoms. The van der Waals surface area contributed by atoms with Crippen LogP contribution in [0.3, 0.4) is 0 Å². The first-order valence-corrected chi connectivity index (χ1v) is 6.50. The molecule has 0 fully saturated rings. The van der Waals surface area contributed by atoms with Crippen molar-refractivity contribution in [1.29, 1.82) is 0 Å². The number of anilines is 1. The van der Waals surface area contributed by atoms with Crippen LogP contribution in [0.2, 0.25) is 0 Å². The molecule has 0 aliphatic rings. The number of nitrogens with zero attached hydrogens (tertiary/aromatic N) is 3. The maximum Gasteiger partial charge on any atom is 0.128 e. The minimum absolute atomic E-state index is 0.852. The van der Waals surface area contributed by atoms with Gasteiger partial charge in [0.2, 0.25) is 0 Å². The summed E-state index contributed by atoms with van der Waals surface area (Å²) in [5, 5.41) is 3.12. The van der Waals surface area contributed by atoms with Gasteiger partial charge in [0.15, 0.2) is 0 Å². The molecule has 0 atom stereocenters. The van der Waals surface area contributed by atoms with Gasteiger partial charge < -0.3 is 10.2 Å². The van der Waals surface area contributed by atoms with Crippen LogP contribution in [0.25, 0.3) is 0 Å². The fourth-order valence-electron chi connectivity index (χ4n) is 1.89. The first-order valence-electron chi connectivity index (χ1n) is 6.50. The topological polar surface area (TPSA) is 41.0 Å². The van der Waals surface area contributed by atoms with E-state index in [1.807, 2.05) is 31.6 Å². The van der Waals surface area contributed by atoms with E-state index >= 15 is 0 Å². The molecule has 0 bridgehead atoms. The standard InChI is InChI=1S/C15H20N4/c1-16-11-13-6-7-15(18-12-13)19(2)10-8-14-5-3-4-9-17-14/h3-7,9,12,16H,8,10-11H2,1-2H3. The molecule has 2 aromatic heterocycles. The van der Waals surface area contributed by atoms with Crippen LogP contribution in [0, 0.1) is 0 Å². The predicted molar refractivity (Wildman–Crippen MR) is 78.2 cm³/mol. The van der Waals surface area contributed by atoms with Gasteiger partial charge in [0.05, 0.1) is 0 Å². The second-order valence-electron chi connectivity index (χ2n) is 4.55. The summed E-state index contributed by atoms with van der Waals surface area (Å²) < 4.78 is 0. The minimum Gasteiger partial charge on any atom is -0.359 e. The molecule has 0 radical (unpaired) electrons. The fourth-order valence-corrected chi connectivity index (χ4v) is 1.89. The van der Waals surface area contributed by atoms with Crippen molar-refractivity contribution in [1.82, 2.24) is 15.3 Å². The highest BCUT2D eigenvalue weighted by Gasteiger charge is 2.03. The molecular formula is C15H20N4. The van der Waals surface area contributed by atoms with Gasteiger partial charge in [-0.15, -0.1) is 0 Å². The number of aromatic nitrogens is 2. The first-order chi connectivity index (χ1) is 9.29. The molecule has 0 spiro atoms. The number of hydrogen-bond donors (Lipinski definition) is 1. The normalized spacial score (nSPS) is 10.4. The third kappa shape index (κ3) is 4.03. The maximum absolute atomic E-state index is 4.48. The molecule has 100 valence electrons. The Hall–Kier alpha value is -1.94. The van der Waals surface area contributed by atoms with Gasteiger partial charge in [-0.05, 0) is 30.8 Å². The number of nitrogens with one attached hydrogen (secondary N) is 1. The summed E-state index contributed by atoms with van der Waals surface area (Å²) in [6, 6.07) is 10.2. The summed E-state index contributed by atoms with van der Waals surface area (Å²) in [7, 11) is 4.00. The van der Waals surface area contributed by atoms with Gasteiger partial charge in [-0.25, -0.2) is 4.98 Å². The zero-order chi connectivity index (χ0) is 13.5. The van der Waals surface area contributed by atoms with Crippen molar-refractivity contribution >= 4 is 5.82 Å². The third-order valence-electron chi connectivity index (χ3n) is 3.01. The lowest BCUT2D eigenvalue weighted by Gasteiger charge is -2.18. The highest BCUT2D eigenvalue weighted by atomic mass is 15.2. The van der Waals surface area contributed by atoms with E-state index in [1.165, 1.54) is 5.56 Å². The van der Waals surface area contributed by atoms with Gasteiger partial charge in [-0.3, -0.25) is 4.98 Å². The molecule has 0 saturated heterocycles. The van der Waals surface area contributed by atoms with Crippen LogP contribution in [0.4, 0.5) is 5.82 Å². The van der Waals surface area contributed by atoms with E-state index in [4.69, 9.17) is 0 Å². The zero-order valence-electron chi connectivity index (χ0n) is 11.5. The van der Waals surface area contributed by atoms with Gasteiger partial charge in [0.1, 0.15) is 5.82 Å². The Labute approximate surface area is 114 Å². The molecular weight excluding hydrogens is 236 g/mol. The molecule has 0 unspecified atom stereocenters. The van der Waals surface area contributed by atoms with Crippen LogP contribution in [0.15, 0.2) is 42.7 Å². The molecule has 0 aliphatic heterocycles. The lowest BCUT2D eigenvalue weighted by molar-refractivity contribution is 0.806. The Morgan fingerprint density at radius 1 is 1.16 bits per heavy atom.